The van der Waals surface area contributed by atoms with Crippen molar-refractivity contribution in [1.82, 2.24) is 25.1 Å². The minimum Gasteiger partial charge on any atom is -0.358 e. The summed E-state index contributed by atoms with van der Waals surface area (Å²) < 4.78 is 0. The fourth-order valence-corrected chi connectivity index (χ4v) is 4.21. The number of aromatic nitrogens is 2. The number of anilines is 1. The SMILES string of the molecule is CNC(=O)C1CN(Cc2ccnc(N3CCCC3)n2)CCN1Cc1ccccc1. The second-order valence-corrected chi connectivity index (χ2v) is 7.86. The van der Waals surface area contributed by atoms with Crippen molar-refractivity contribution in [3.63, 3.8) is 0 Å². The first kappa shape index (κ1) is 19.8. The van der Waals surface area contributed by atoms with Crippen LogP contribution in [0.15, 0.2) is 42.6 Å². The third-order valence-corrected chi connectivity index (χ3v) is 5.83. The maximum absolute atomic E-state index is 12.6. The van der Waals surface area contributed by atoms with Crippen LogP contribution in [0.2, 0.25) is 0 Å². The molecule has 4 rings (SSSR count). The number of nitrogens with one attached hydrogen (secondary N) is 1. The second kappa shape index (κ2) is 9.33. The van der Waals surface area contributed by atoms with Gasteiger partial charge in [-0.25, -0.2) is 9.97 Å². The number of rotatable bonds is 6. The molecular weight excluding hydrogens is 364 g/mol. The summed E-state index contributed by atoms with van der Waals surface area (Å²) in [7, 11) is 1.72. The van der Waals surface area contributed by atoms with Gasteiger partial charge in [0.25, 0.3) is 0 Å². The van der Waals surface area contributed by atoms with Crippen LogP contribution in [0.4, 0.5) is 5.95 Å². The lowest BCUT2D eigenvalue weighted by Gasteiger charge is -2.40. The summed E-state index contributed by atoms with van der Waals surface area (Å²) in [5.41, 5.74) is 2.26. The number of amides is 1. The van der Waals surface area contributed by atoms with E-state index in [9.17, 15) is 4.79 Å². The maximum Gasteiger partial charge on any atom is 0.238 e. The minimum atomic E-state index is -0.158. The van der Waals surface area contributed by atoms with Gasteiger partial charge in [0, 0.05) is 59.1 Å². The summed E-state index contributed by atoms with van der Waals surface area (Å²) in [6.07, 6.45) is 4.29. The topological polar surface area (TPSA) is 64.6 Å². The lowest BCUT2D eigenvalue weighted by Crippen LogP contribution is -2.57. The summed E-state index contributed by atoms with van der Waals surface area (Å²) in [6, 6.07) is 12.2. The Balaban J connectivity index is 1.42. The number of piperazine rings is 1. The van der Waals surface area contributed by atoms with Crippen LogP contribution in [-0.4, -0.2) is 71.5 Å². The van der Waals surface area contributed by atoms with E-state index in [-0.39, 0.29) is 11.9 Å². The molecule has 2 saturated heterocycles. The first-order chi connectivity index (χ1) is 14.2. The van der Waals surface area contributed by atoms with Gasteiger partial charge in [-0.1, -0.05) is 30.3 Å². The molecular formula is C22H30N6O. The molecule has 0 radical (unpaired) electrons. The molecule has 1 aromatic carbocycles. The predicted octanol–water partition coefficient (Wildman–Crippen LogP) is 1.51. The van der Waals surface area contributed by atoms with Gasteiger partial charge in [-0.2, -0.15) is 0 Å². The van der Waals surface area contributed by atoms with Crippen LogP contribution in [0.5, 0.6) is 0 Å². The number of nitrogens with zero attached hydrogens (tertiary/aromatic N) is 5. The standard InChI is InChI=1S/C22H30N6O/c1-23-21(29)20-17-26(13-14-28(20)15-18-7-3-2-4-8-18)16-19-9-10-24-22(25-19)27-11-5-6-12-27/h2-4,7-10,20H,5-6,11-17H2,1H3,(H,23,29). The van der Waals surface area contributed by atoms with Gasteiger partial charge in [-0.05, 0) is 24.5 Å². The Morgan fingerprint density at radius 1 is 1.07 bits per heavy atom. The normalized spacial score (nSPS) is 20.7. The number of carbonyl (C=O) groups excluding carboxylic acids is 1. The van der Waals surface area contributed by atoms with Crippen molar-refractivity contribution in [2.24, 2.45) is 0 Å². The molecule has 1 amide bonds. The van der Waals surface area contributed by atoms with Crippen LogP contribution in [0, 0.1) is 0 Å². The van der Waals surface area contributed by atoms with Crippen molar-refractivity contribution in [2.45, 2.75) is 32.0 Å². The molecule has 0 spiro atoms. The van der Waals surface area contributed by atoms with Gasteiger partial charge < -0.3 is 10.2 Å². The van der Waals surface area contributed by atoms with E-state index >= 15 is 0 Å². The summed E-state index contributed by atoms with van der Waals surface area (Å²) in [5, 5.41) is 2.84. The number of carbonyl (C=O) groups is 1. The van der Waals surface area contributed by atoms with E-state index in [2.05, 4.69) is 37.1 Å². The average Bonchev–Trinajstić information content (AvgIpc) is 3.30. The number of hydrogen-bond acceptors (Lipinski definition) is 6. The van der Waals surface area contributed by atoms with Crippen LogP contribution in [-0.2, 0) is 17.9 Å². The molecule has 0 saturated carbocycles. The highest BCUT2D eigenvalue weighted by Gasteiger charge is 2.32. The first-order valence-corrected chi connectivity index (χ1v) is 10.5. The third-order valence-electron chi connectivity index (χ3n) is 5.83. The van der Waals surface area contributed by atoms with Gasteiger partial charge in [0.1, 0.15) is 6.04 Å². The van der Waals surface area contributed by atoms with Gasteiger partial charge in [0.15, 0.2) is 0 Å². The third kappa shape index (κ3) is 4.92. The molecule has 3 heterocycles. The van der Waals surface area contributed by atoms with E-state index in [1.165, 1.54) is 18.4 Å². The van der Waals surface area contributed by atoms with Gasteiger partial charge in [0.05, 0.1) is 5.69 Å². The quantitative estimate of drug-likeness (QED) is 0.801. The fourth-order valence-electron chi connectivity index (χ4n) is 4.21. The molecule has 0 bridgehead atoms. The monoisotopic (exact) mass is 394 g/mol. The van der Waals surface area contributed by atoms with Crippen molar-refractivity contribution in [1.29, 1.82) is 0 Å². The molecule has 1 unspecified atom stereocenters. The van der Waals surface area contributed by atoms with E-state index in [0.717, 1.165) is 50.9 Å². The highest BCUT2D eigenvalue weighted by Crippen LogP contribution is 2.18. The van der Waals surface area contributed by atoms with Crippen LogP contribution in [0.3, 0.4) is 0 Å². The van der Waals surface area contributed by atoms with Gasteiger partial charge in [-0.3, -0.25) is 14.6 Å². The smallest absolute Gasteiger partial charge is 0.238 e. The Kier molecular flexibility index (Phi) is 6.36. The van der Waals surface area contributed by atoms with E-state index in [4.69, 9.17) is 4.98 Å². The lowest BCUT2D eigenvalue weighted by atomic mass is 10.1. The Morgan fingerprint density at radius 2 is 1.86 bits per heavy atom. The van der Waals surface area contributed by atoms with Crippen molar-refractivity contribution >= 4 is 11.9 Å². The van der Waals surface area contributed by atoms with E-state index in [1.54, 1.807) is 7.05 Å². The number of hydrogen-bond donors (Lipinski definition) is 1. The molecule has 2 aromatic rings. The zero-order valence-corrected chi connectivity index (χ0v) is 17.1. The molecule has 2 aliphatic heterocycles. The van der Waals surface area contributed by atoms with Crippen molar-refractivity contribution in [3.8, 4) is 0 Å². The van der Waals surface area contributed by atoms with E-state index < -0.39 is 0 Å². The van der Waals surface area contributed by atoms with Crippen LogP contribution in [0.1, 0.15) is 24.1 Å². The van der Waals surface area contributed by atoms with E-state index in [1.807, 2.05) is 30.5 Å². The predicted molar refractivity (Wildman–Crippen MR) is 113 cm³/mol. The van der Waals surface area contributed by atoms with Crippen LogP contribution >= 0.6 is 0 Å². The molecule has 0 aliphatic carbocycles. The first-order valence-electron chi connectivity index (χ1n) is 10.5. The largest absolute Gasteiger partial charge is 0.358 e. The zero-order valence-electron chi connectivity index (χ0n) is 17.1. The maximum atomic E-state index is 12.6. The zero-order chi connectivity index (χ0) is 20.1. The average molecular weight is 395 g/mol. The Labute approximate surface area is 172 Å². The number of benzene rings is 1. The molecule has 1 aromatic heterocycles. The van der Waals surface area contributed by atoms with Gasteiger partial charge in [0.2, 0.25) is 11.9 Å². The Bertz CT molecular complexity index is 808. The summed E-state index contributed by atoms with van der Waals surface area (Å²) in [5.74, 6) is 0.914. The molecule has 7 nitrogen and oxygen atoms in total. The van der Waals surface area contributed by atoms with Crippen LogP contribution < -0.4 is 10.2 Å². The molecule has 2 fully saturated rings. The second-order valence-electron chi connectivity index (χ2n) is 7.86. The molecule has 29 heavy (non-hydrogen) atoms. The summed E-state index contributed by atoms with van der Waals surface area (Å²) in [4.78, 5) is 28.7. The van der Waals surface area contributed by atoms with Gasteiger partial charge in [-0.15, -0.1) is 0 Å². The van der Waals surface area contributed by atoms with Crippen LogP contribution in [0.25, 0.3) is 0 Å². The van der Waals surface area contributed by atoms with E-state index in [0.29, 0.717) is 6.54 Å². The highest BCUT2D eigenvalue weighted by molar-refractivity contribution is 5.81. The minimum absolute atomic E-state index is 0.0751. The fraction of sp³-hybridized carbons (Fsp3) is 0.500. The highest BCUT2D eigenvalue weighted by atomic mass is 16.2. The Hall–Kier alpha value is -2.51. The van der Waals surface area contributed by atoms with Crippen molar-refractivity contribution in [2.75, 3.05) is 44.7 Å². The molecule has 7 heteroatoms. The molecule has 2 aliphatic rings. The summed E-state index contributed by atoms with van der Waals surface area (Å²) >= 11 is 0. The number of likely N-dealkylation sites (N-methyl/N-ethyl adjacent to an activating group) is 1. The van der Waals surface area contributed by atoms with Crippen molar-refractivity contribution < 1.29 is 4.79 Å². The molecule has 154 valence electrons. The van der Waals surface area contributed by atoms with Gasteiger partial charge >= 0.3 is 0 Å². The Morgan fingerprint density at radius 3 is 2.62 bits per heavy atom. The molecule has 1 atom stereocenters. The summed E-state index contributed by atoms with van der Waals surface area (Å²) in [6.45, 7) is 6.10. The van der Waals surface area contributed by atoms with Crippen molar-refractivity contribution in [3.05, 3.63) is 53.9 Å². The lowest BCUT2D eigenvalue weighted by molar-refractivity contribution is -0.128. The molecule has 1 N–H and O–H groups in total.